The number of amides is 2. The second kappa shape index (κ2) is 4.47. The summed E-state index contributed by atoms with van der Waals surface area (Å²) in [7, 11) is 3.59. The highest BCUT2D eigenvalue weighted by Gasteiger charge is 2.44. The number of rotatable bonds is 1. The normalized spacial score (nSPS) is 21.5. The van der Waals surface area contributed by atoms with Crippen molar-refractivity contribution < 1.29 is 9.59 Å². The van der Waals surface area contributed by atoms with Gasteiger partial charge in [-0.15, -0.1) is 0 Å². The third-order valence-electron chi connectivity index (χ3n) is 4.66. The lowest BCUT2D eigenvalue weighted by Crippen LogP contribution is -2.32. The monoisotopic (exact) mass is 295 g/mol. The molecule has 0 saturated heterocycles. The third-order valence-corrected chi connectivity index (χ3v) is 4.66. The van der Waals surface area contributed by atoms with Gasteiger partial charge in [0.25, 0.3) is 11.8 Å². The zero-order chi connectivity index (χ0) is 15.4. The Labute approximate surface area is 128 Å². The van der Waals surface area contributed by atoms with E-state index in [1.165, 1.54) is 0 Å². The Morgan fingerprint density at radius 2 is 1.41 bits per heavy atom. The maximum Gasteiger partial charge on any atom is 0.270 e. The molecule has 2 amide bonds. The number of hydrogen-bond donors (Lipinski definition) is 1. The van der Waals surface area contributed by atoms with Crippen molar-refractivity contribution in [2.24, 2.45) is 0 Å². The number of carbonyl (C=O) groups excluding carboxylic acids is 2. The summed E-state index contributed by atoms with van der Waals surface area (Å²) in [6.07, 6.45) is 0. The highest BCUT2D eigenvalue weighted by molar-refractivity contribution is 6.03. The van der Waals surface area contributed by atoms with E-state index in [0.29, 0.717) is 24.5 Å². The maximum atomic E-state index is 12.4. The van der Waals surface area contributed by atoms with Crippen LogP contribution in [0.25, 0.3) is 0 Å². The predicted octanol–water partition coefficient (Wildman–Crippen LogP) is 0.826. The number of dihydropyridines is 1. The Morgan fingerprint density at radius 3 is 1.91 bits per heavy atom. The first-order chi connectivity index (χ1) is 10.6. The summed E-state index contributed by atoms with van der Waals surface area (Å²) < 4.78 is 0. The van der Waals surface area contributed by atoms with Crippen LogP contribution in [0.15, 0.2) is 52.9 Å². The topological polar surface area (TPSA) is 52.6 Å². The zero-order valence-electron chi connectivity index (χ0n) is 12.6. The van der Waals surface area contributed by atoms with Crippen LogP contribution in [0.3, 0.4) is 0 Å². The molecule has 4 rings (SSSR count). The molecule has 5 nitrogen and oxygen atoms in total. The van der Waals surface area contributed by atoms with Crippen LogP contribution in [0.4, 0.5) is 0 Å². The van der Waals surface area contributed by atoms with Crippen molar-refractivity contribution in [2.75, 3.05) is 27.2 Å². The minimum absolute atomic E-state index is 0.00949. The molecule has 0 atom stereocenters. The van der Waals surface area contributed by atoms with E-state index < -0.39 is 0 Å². The molecule has 1 aromatic rings. The van der Waals surface area contributed by atoms with E-state index in [1.54, 1.807) is 23.9 Å². The van der Waals surface area contributed by atoms with Gasteiger partial charge in [0.2, 0.25) is 0 Å². The van der Waals surface area contributed by atoms with E-state index in [0.717, 1.165) is 16.7 Å². The predicted molar refractivity (Wildman–Crippen MR) is 81.6 cm³/mol. The van der Waals surface area contributed by atoms with E-state index in [-0.39, 0.29) is 17.7 Å². The number of hydrogen-bond acceptors (Lipinski definition) is 3. The van der Waals surface area contributed by atoms with Crippen LogP contribution in [-0.4, -0.2) is 48.8 Å². The first-order valence-electron chi connectivity index (χ1n) is 7.37. The van der Waals surface area contributed by atoms with Crippen molar-refractivity contribution in [3.8, 4) is 0 Å². The molecule has 5 heteroatoms. The molecule has 0 radical (unpaired) electrons. The molecule has 0 aliphatic carbocycles. The van der Waals surface area contributed by atoms with Crippen molar-refractivity contribution in [3.63, 3.8) is 0 Å². The van der Waals surface area contributed by atoms with E-state index in [1.807, 2.05) is 18.2 Å². The van der Waals surface area contributed by atoms with E-state index in [4.69, 9.17) is 0 Å². The molecule has 0 fully saturated rings. The van der Waals surface area contributed by atoms with Crippen molar-refractivity contribution in [1.82, 2.24) is 15.1 Å². The van der Waals surface area contributed by atoms with Gasteiger partial charge in [-0.2, -0.15) is 0 Å². The highest BCUT2D eigenvalue weighted by atomic mass is 16.2. The molecule has 3 aliphatic rings. The minimum atomic E-state index is -0.0372. The van der Waals surface area contributed by atoms with Gasteiger partial charge in [0.15, 0.2) is 0 Å². The number of nitrogens with one attached hydrogen (secondary N) is 1. The van der Waals surface area contributed by atoms with Gasteiger partial charge in [0.05, 0.1) is 0 Å². The Bertz CT molecular complexity index is 704. The summed E-state index contributed by atoms with van der Waals surface area (Å²) >= 11 is 0. The smallest absolute Gasteiger partial charge is 0.270 e. The summed E-state index contributed by atoms with van der Waals surface area (Å²) in [5, 5.41) is 3.11. The summed E-state index contributed by atoms with van der Waals surface area (Å²) in [4.78, 5) is 28.1. The lowest BCUT2D eigenvalue weighted by Gasteiger charge is -2.26. The molecule has 3 aliphatic heterocycles. The average Bonchev–Trinajstić information content (AvgIpc) is 2.96. The van der Waals surface area contributed by atoms with Crippen LogP contribution in [0, 0.1) is 0 Å². The summed E-state index contributed by atoms with van der Waals surface area (Å²) in [6, 6.07) is 10.1. The Morgan fingerprint density at radius 1 is 0.909 bits per heavy atom. The van der Waals surface area contributed by atoms with Gasteiger partial charge < -0.3 is 15.1 Å². The molecule has 112 valence electrons. The molecule has 0 spiro atoms. The van der Waals surface area contributed by atoms with Crippen LogP contribution in [-0.2, 0) is 9.59 Å². The zero-order valence-corrected chi connectivity index (χ0v) is 12.6. The summed E-state index contributed by atoms with van der Waals surface area (Å²) in [6.45, 7) is 1.21. The second-order valence-electron chi connectivity index (χ2n) is 6.09. The second-order valence-corrected chi connectivity index (χ2v) is 6.09. The number of benzene rings is 1. The van der Waals surface area contributed by atoms with Gasteiger partial charge in [-0.05, 0) is 16.7 Å². The van der Waals surface area contributed by atoms with Crippen LogP contribution >= 0.6 is 0 Å². The fraction of sp³-hybridized carbons (Fsp3) is 0.294. The van der Waals surface area contributed by atoms with Crippen molar-refractivity contribution in [1.29, 1.82) is 0 Å². The van der Waals surface area contributed by atoms with Crippen molar-refractivity contribution in [2.45, 2.75) is 5.92 Å². The lowest BCUT2D eigenvalue weighted by molar-refractivity contribution is -0.125. The molecule has 1 aromatic carbocycles. The quantitative estimate of drug-likeness (QED) is 0.835. The number of carbonyl (C=O) groups is 2. The molecule has 0 aromatic heterocycles. The van der Waals surface area contributed by atoms with Crippen molar-refractivity contribution >= 4 is 11.8 Å². The lowest BCUT2D eigenvalue weighted by atomic mass is 9.82. The fourth-order valence-corrected chi connectivity index (χ4v) is 3.59. The first kappa shape index (κ1) is 13.1. The Hall–Kier alpha value is -2.56. The van der Waals surface area contributed by atoms with Gasteiger partial charge in [-0.3, -0.25) is 9.59 Å². The van der Waals surface area contributed by atoms with Crippen LogP contribution < -0.4 is 5.32 Å². The molecule has 0 unspecified atom stereocenters. The number of likely N-dealkylation sites (N-methyl/N-ethyl adjacent to an activating group) is 2. The summed E-state index contributed by atoms with van der Waals surface area (Å²) in [5.41, 5.74) is 4.44. The maximum absolute atomic E-state index is 12.4. The molecule has 0 bridgehead atoms. The molecule has 0 saturated carbocycles. The van der Waals surface area contributed by atoms with Gasteiger partial charge in [0.1, 0.15) is 11.4 Å². The van der Waals surface area contributed by atoms with Crippen LogP contribution in [0.1, 0.15) is 11.5 Å². The van der Waals surface area contributed by atoms with Gasteiger partial charge >= 0.3 is 0 Å². The van der Waals surface area contributed by atoms with Gasteiger partial charge in [-0.25, -0.2) is 0 Å². The first-order valence-corrected chi connectivity index (χ1v) is 7.37. The highest BCUT2D eigenvalue weighted by Crippen LogP contribution is 2.43. The number of nitrogens with zero attached hydrogens (tertiary/aromatic N) is 2. The molecule has 22 heavy (non-hydrogen) atoms. The van der Waals surface area contributed by atoms with E-state index in [2.05, 4.69) is 17.4 Å². The third kappa shape index (κ3) is 1.65. The van der Waals surface area contributed by atoms with Crippen LogP contribution in [0.5, 0.6) is 0 Å². The van der Waals surface area contributed by atoms with Crippen molar-refractivity contribution in [3.05, 3.63) is 58.4 Å². The molecule has 1 N–H and O–H groups in total. The van der Waals surface area contributed by atoms with Crippen LogP contribution in [0.2, 0.25) is 0 Å². The standard InChI is InChI=1S/C17H17N3O2/c1-19-8-11-13(10-6-4-3-5-7-10)12-9-20(2)17(22)15(12)18-14(11)16(19)21/h3-7,13,18H,8-9H2,1-2H3. The average molecular weight is 295 g/mol. The molecular formula is C17H17N3O2. The molecule has 3 heterocycles. The Balaban J connectivity index is 1.88. The summed E-state index contributed by atoms with van der Waals surface area (Å²) in [5.74, 6) is -0.0649. The largest absolute Gasteiger partial charge is 0.346 e. The SMILES string of the molecule is CN1CC2=C(NC3=C(CN(C)C3=O)C2c2ccccc2)C1=O. The fourth-order valence-electron chi connectivity index (χ4n) is 3.59. The minimum Gasteiger partial charge on any atom is -0.346 e. The van der Waals surface area contributed by atoms with Gasteiger partial charge in [0, 0.05) is 33.1 Å². The Kier molecular flexibility index (Phi) is 2.66. The molecular weight excluding hydrogens is 278 g/mol. The van der Waals surface area contributed by atoms with Gasteiger partial charge in [-0.1, -0.05) is 30.3 Å². The van der Waals surface area contributed by atoms with E-state index >= 15 is 0 Å². The van der Waals surface area contributed by atoms with E-state index in [9.17, 15) is 9.59 Å².